The molecule has 0 aromatic heterocycles. The van der Waals surface area contributed by atoms with Gasteiger partial charge in [-0.05, 0) is 12.9 Å². The minimum atomic E-state index is -5.07. The Labute approximate surface area is 61.5 Å². The molecule has 0 aliphatic rings. The van der Waals surface area contributed by atoms with Gasteiger partial charge >= 0.3 is 15.4 Å². The molecule has 0 aromatic carbocycles. The number of thiol groups is 1. The first kappa shape index (κ1) is 10.1. The quantitative estimate of drug-likeness (QED) is 0.481. The first-order valence-corrected chi connectivity index (χ1v) is 3.71. The van der Waals surface area contributed by atoms with E-state index in [1.54, 1.807) is 0 Å². The van der Waals surface area contributed by atoms with Gasteiger partial charge in [0.25, 0.3) is 0 Å². The van der Waals surface area contributed by atoms with Gasteiger partial charge in [0.1, 0.15) is 6.61 Å². The number of hydrogen-bond acceptors (Lipinski definition) is 5. The average Bonchev–Trinajstić information content (AvgIpc) is 1.88. The third kappa shape index (κ3) is 1.78. The van der Waals surface area contributed by atoms with E-state index in [1.807, 2.05) is 0 Å². The summed E-state index contributed by atoms with van der Waals surface area (Å²) in [6.07, 6.45) is 0. The van der Waals surface area contributed by atoms with E-state index in [1.165, 1.54) is 0 Å². The molecule has 0 saturated carbocycles. The number of aliphatic hydroxyl groups excluding tert-OH is 1. The molecule has 0 aliphatic heterocycles. The Kier molecular flexibility index (Phi) is 3.01. The van der Waals surface area contributed by atoms with E-state index in [9.17, 15) is 17.2 Å². The summed E-state index contributed by atoms with van der Waals surface area (Å²) in [7, 11) is -5.07. The van der Waals surface area contributed by atoms with Crippen molar-refractivity contribution in [2.45, 2.75) is 5.25 Å². The van der Waals surface area contributed by atoms with Crippen LogP contribution in [-0.2, 0) is 13.7 Å². The lowest BCUT2D eigenvalue weighted by Gasteiger charge is -2.09. The molecule has 0 aliphatic carbocycles. The molecule has 10 heavy (non-hydrogen) atoms. The Balaban J connectivity index is 4.64. The average molecular weight is 194 g/mol. The van der Waals surface area contributed by atoms with Crippen molar-refractivity contribution < 1.29 is 25.9 Å². The van der Waals surface area contributed by atoms with Crippen LogP contribution < -0.4 is 0 Å². The summed E-state index contributed by atoms with van der Waals surface area (Å²) in [6.45, 7) is -1.82. The lowest BCUT2D eigenvalue weighted by Crippen LogP contribution is -2.32. The molecule has 0 spiro atoms. The summed E-state index contributed by atoms with van der Waals surface area (Å²) < 4.78 is 47.1. The molecule has 0 radical (unpaired) electrons. The Bertz CT molecular complexity index is 197. The van der Waals surface area contributed by atoms with Gasteiger partial charge in [0.15, 0.2) is 0 Å². The van der Waals surface area contributed by atoms with Crippen LogP contribution in [-0.4, -0.2) is 25.4 Å². The highest BCUT2D eigenvalue weighted by atomic mass is 32.3. The number of halogens is 2. The van der Waals surface area contributed by atoms with Crippen LogP contribution in [0.3, 0.4) is 0 Å². The summed E-state index contributed by atoms with van der Waals surface area (Å²) in [5.74, 6) is 0. The molecule has 0 amide bonds. The predicted molar refractivity (Wildman–Crippen MR) is 31.0 cm³/mol. The van der Waals surface area contributed by atoms with Crippen LogP contribution in [0.1, 0.15) is 0 Å². The molecular formula is C2H4F2O4S2. The Morgan fingerprint density at radius 2 is 2.00 bits per heavy atom. The van der Waals surface area contributed by atoms with Crippen molar-refractivity contribution in [2.75, 3.05) is 6.61 Å². The van der Waals surface area contributed by atoms with E-state index in [2.05, 4.69) is 16.5 Å². The van der Waals surface area contributed by atoms with Crippen molar-refractivity contribution in [1.29, 1.82) is 0 Å². The minimum Gasteiger partial charge on any atom is -0.389 e. The molecule has 0 rings (SSSR count). The smallest absolute Gasteiger partial charge is 0.389 e. The third-order valence-electron chi connectivity index (χ3n) is 0.648. The summed E-state index contributed by atoms with van der Waals surface area (Å²) in [5.41, 5.74) is 0. The second-order valence-corrected chi connectivity index (χ2v) is 3.43. The van der Waals surface area contributed by atoms with Crippen molar-refractivity contribution in [2.24, 2.45) is 0 Å². The van der Waals surface area contributed by atoms with Crippen molar-refractivity contribution in [3.8, 4) is 0 Å². The van der Waals surface area contributed by atoms with E-state index in [0.29, 0.717) is 0 Å². The maximum Gasteiger partial charge on any atom is 0.393 e. The molecule has 0 atom stereocenters. The molecule has 0 saturated heterocycles. The van der Waals surface area contributed by atoms with E-state index in [4.69, 9.17) is 5.11 Å². The molecule has 0 bridgehead atoms. The molecule has 0 unspecified atom stereocenters. The fraction of sp³-hybridized carbons (Fsp3) is 1.00. The Hall–Kier alpha value is 0.0800. The summed E-state index contributed by atoms with van der Waals surface area (Å²) in [4.78, 5) is 0. The normalized spacial score (nSPS) is 13.6. The lowest BCUT2D eigenvalue weighted by atomic mass is 10.8. The van der Waals surface area contributed by atoms with Gasteiger partial charge in [-0.1, -0.05) is 0 Å². The van der Waals surface area contributed by atoms with Gasteiger partial charge in [0, 0.05) is 0 Å². The maximum absolute atomic E-state index is 11.9. The number of aliphatic hydroxyl groups is 1. The predicted octanol–water partition coefficient (Wildman–Crippen LogP) is -0.237. The zero-order valence-corrected chi connectivity index (χ0v) is 6.20. The Morgan fingerprint density at radius 3 is 2.10 bits per heavy atom. The van der Waals surface area contributed by atoms with Crippen LogP contribution in [0.5, 0.6) is 0 Å². The van der Waals surface area contributed by atoms with Gasteiger partial charge in [0.05, 0.1) is 0 Å². The third-order valence-corrected chi connectivity index (χ3v) is 2.29. The van der Waals surface area contributed by atoms with Crippen molar-refractivity contribution in [3.63, 3.8) is 0 Å². The first-order chi connectivity index (χ1) is 4.37. The number of alkyl halides is 2. The summed E-state index contributed by atoms with van der Waals surface area (Å²) >= 11 is 2.67. The van der Waals surface area contributed by atoms with E-state index in [-0.39, 0.29) is 0 Å². The lowest BCUT2D eigenvalue weighted by molar-refractivity contribution is 0.0205. The first-order valence-electron chi connectivity index (χ1n) is 1.93. The van der Waals surface area contributed by atoms with Crippen LogP contribution in [0, 0.1) is 0 Å². The van der Waals surface area contributed by atoms with Gasteiger partial charge in [-0.2, -0.15) is 20.8 Å². The minimum absolute atomic E-state index is 1.82. The zero-order chi connectivity index (χ0) is 8.41. The van der Waals surface area contributed by atoms with Crippen LogP contribution in [0.2, 0.25) is 0 Å². The zero-order valence-electron chi connectivity index (χ0n) is 4.49. The van der Waals surface area contributed by atoms with E-state index >= 15 is 0 Å². The van der Waals surface area contributed by atoms with Crippen LogP contribution in [0.15, 0.2) is 0 Å². The topological polar surface area (TPSA) is 63.6 Å². The van der Waals surface area contributed by atoms with E-state index < -0.39 is 22.0 Å². The van der Waals surface area contributed by atoms with Crippen LogP contribution in [0.25, 0.3) is 0 Å². The maximum atomic E-state index is 11.9. The molecule has 8 heteroatoms. The second kappa shape index (κ2) is 2.99. The van der Waals surface area contributed by atoms with Crippen LogP contribution >= 0.6 is 12.9 Å². The largest absolute Gasteiger partial charge is 0.393 e. The monoisotopic (exact) mass is 194 g/mol. The fourth-order valence-corrected chi connectivity index (χ4v) is 0.728. The van der Waals surface area contributed by atoms with Gasteiger partial charge in [-0.25, -0.2) is 0 Å². The molecular weight excluding hydrogens is 190 g/mol. The fourth-order valence-electron chi connectivity index (χ4n) is 0.134. The second-order valence-electron chi connectivity index (χ2n) is 1.32. The van der Waals surface area contributed by atoms with Gasteiger partial charge < -0.3 is 5.11 Å². The SMILES string of the molecule is O=S(=O)(OS)C(F)(F)CO. The highest BCUT2D eigenvalue weighted by Crippen LogP contribution is 2.22. The summed E-state index contributed by atoms with van der Waals surface area (Å²) in [5, 5.41) is 3.53. The Morgan fingerprint density at radius 1 is 1.60 bits per heavy atom. The van der Waals surface area contributed by atoms with Crippen molar-refractivity contribution in [1.82, 2.24) is 0 Å². The van der Waals surface area contributed by atoms with Gasteiger partial charge in [-0.15, -0.1) is 0 Å². The standard InChI is InChI=1S/C2H4F2O4S2/c3-2(4,1-5)10(6,7)8-9/h5,9H,1H2. The summed E-state index contributed by atoms with van der Waals surface area (Å²) in [6, 6.07) is 0. The van der Waals surface area contributed by atoms with Gasteiger partial charge in [-0.3, -0.25) is 0 Å². The number of rotatable bonds is 3. The molecule has 1 N–H and O–H groups in total. The molecule has 0 heterocycles. The highest BCUT2D eigenvalue weighted by Gasteiger charge is 2.45. The molecule has 4 nitrogen and oxygen atoms in total. The van der Waals surface area contributed by atoms with Crippen molar-refractivity contribution in [3.05, 3.63) is 0 Å². The molecule has 0 aromatic rings. The van der Waals surface area contributed by atoms with Crippen LogP contribution in [0.4, 0.5) is 8.78 Å². The number of hydrogen-bond donors (Lipinski definition) is 2. The van der Waals surface area contributed by atoms with Gasteiger partial charge in [0.2, 0.25) is 0 Å². The molecule has 62 valence electrons. The highest BCUT2D eigenvalue weighted by molar-refractivity contribution is 7.96. The van der Waals surface area contributed by atoms with Crippen molar-refractivity contribution >= 4 is 23.0 Å². The molecule has 0 fully saturated rings. The van der Waals surface area contributed by atoms with E-state index in [0.717, 1.165) is 0 Å².